The maximum absolute atomic E-state index is 10.9. The molecule has 0 saturated carbocycles. The van der Waals surface area contributed by atoms with Gasteiger partial charge in [-0.05, 0) is 38.7 Å². The molecule has 0 radical (unpaired) electrons. The van der Waals surface area contributed by atoms with E-state index in [2.05, 4.69) is 73.6 Å². The number of carbonyl (C=O) groups excluding carboxylic acids is 1. The lowest BCUT2D eigenvalue weighted by atomic mass is 10.2. The highest BCUT2D eigenvalue weighted by molar-refractivity contribution is 8.00. The molecule has 0 bridgehead atoms. The van der Waals surface area contributed by atoms with Crippen molar-refractivity contribution in [1.82, 2.24) is 0 Å². The summed E-state index contributed by atoms with van der Waals surface area (Å²) in [6.45, 7) is 3.73. The summed E-state index contributed by atoms with van der Waals surface area (Å²) in [6, 6.07) is 0. The minimum atomic E-state index is -0.104. The largest absolute Gasteiger partial charge is 0.351 e. The predicted octanol–water partition coefficient (Wildman–Crippen LogP) is 6.66. The van der Waals surface area contributed by atoms with E-state index in [0.717, 1.165) is 32.1 Å². The summed E-state index contributed by atoms with van der Waals surface area (Å²) in [5, 5.41) is 0. The molecule has 0 rings (SSSR count). The van der Waals surface area contributed by atoms with Gasteiger partial charge >= 0.3 is 0 Å². The first-order chi connectivity index (χ1) is 14.1. The average Bonchev–Trinajstić information content (AvgIpc) is 2.70. The molecule has 0 saturated heterocycles. The Kier molecular flexibility index (Phi) is 21.2. The maximum Gasteiger partial charge on any atom is 0.130 e. The summed E-state index contributed by atoms with van der Waals surface area (Å²) >= 11 is 0. The molecule has 0 spiro atoms. The predicted molar refractivity (Wildman–Crippen MR) is 135 cm³/mol. The van der Waals surface area contributed by atoms with Gasteiger partial charge in [-0.3, -0.25) is 0 Å². The van der Waals surface area contributed by atoms with Crippen molar-refractivity contribution in [2.24, 2.45) is 0 Å². The fourth-order valence-electron chi connectivity index (χ4n) is 2.13. The molecule has 3 nitrogen and oxygen atoms in total. The Hall–Kier alpha value is -0.860. The fraction of sp³-hybridized carbons (Fsp3) is 0.435. The van der Waals surface area contributed by atoms with Crippen LogP contribution in [-0.4, -0.2) is 18.0 Å². The van der Waals surface area contributed by atoms with Crippen LogP contribution < -0.4 is 0 Å². The van der Waals surface area contributed by atoms with E-state index >= 15 is 0 Å². The van der Waals surface area contributed by atoms with Gasteiger partial charge in [0.2, 0.25) is 0 Å². The molecule has 0 aromatic heterocycles. The van der Waals surface area contributed by atoms with Crippen molar-refractivity contribution in [3.05, 3.63) is 60.8 Å². The summed E-state index contributed by atoms with van der Waals surface area (Å²) in [5.74, 6) is 6.32. The molecule has 0 heterocycles. The average molecular weight is 452 g/mol. The van der Waals surface area contributed by atoms with Gasteiger partial charge in [-0.1, -0.05) is 82.4 Å². The molecule has 0 aliphatic heterocycles. The van der Waals surface area contributed by atoms with Crippen LogP contribution >= 0.6 is 26.9 Å². The minimum Gasteiger partial charge on any atom is -0.351 e. The van der Waals surface area contributed by atoms with Gasteiger partial charge in [0.25, 0.3) is 0 Å². The first-order valence-corrected chi connectivity index (χ1v) is 13.1. The van der Waals surface area contributed by atoms with E-state index in [9.17, 15) is 4.79 Å². The van der Waals surface area contributed by atoms with Gasteiger partial charge in [0.1, 0.15) is 11.9 Å². The number of Topliss-reactive ketones (excluding diaryl/α,β-unsaturated/α-hetero) is 1. The molecule has 0 aromatic carbocycles. The normalized spacial score (nSPS) is 14.8. The SMILES string of the molecule is CC/C=C/CC(C#C/C=C/C=C/C(C/C=C/C/C=C/CCC(C)=O)OPP)OP. The van der Waals surface area contributed by atoms with Crippen LogP contribution in [0.2, 0.25) is 0 Å². The Morgan fingerprint density at radius 3 is 2.55 bits per heavy atom. The summed E-state index contributed by atoms with van der Waals surface area (Å²) in [7, 11) is 5.26. The monoisotopic (exact) mass is 452 g/mol. The highest BCUT2D eigenvalue weighted by Gasteiger charge is 2.00. The van der Waals surface area contributed by atoms with Crippen LogP contribution in [0.3, 0.4) is 0 Å². The third kappa shape index (κ3) is 20.2. The lowest BCUT2D eigenvalue weighted by Crippen LogP contribution is -2.01. The molecule has 0 aliphatic rings. The summed E-state index contributed by atoms with van der Waals surface area (Å²) in [6.07, 6.45) is 25.2. The number of ketones is 1. The second-order valence-corrected chi connectivity index (χ2v) is 7.65. The Balaban J connectivity index is 4.33. The summed E-state index contributed by atoms with van der Waals surface area (Å²) in [4.78, 5) is 10.9. The second-order valence-electron chi connectivity index (χ2n) is 6.20. The molecule has 0 fully saturated rings. The number of allylic oxidation sites excluding steroid dienone is 7. The van der Waals surface area contributed by atoms with Crippen molar-refractivity contribution in [3.63, 3.8) is 0 Å². The van der Waals surface area contributed by atoms with Gasteiger partial charge in [0.15, 0.2) is 0 Å². The topological polar surface area (TPSA) is 35.5 Å². The first-order valence-electron chi connectivity index (χ1n) is 9.89. The van der Waals surface area contributed by atoms with Crippen LogP contribution in [0.25, 0.3) is 0 Å². The zero-order valence-corrected chi connectivity index (χ0v) is 20.9. The minimum absolute atomic E-state index is 0.0451. The molecule has 0 aromatic rings. The van der Waals surface area contributed by atoms with Crippen LogP contribution in [0.5, 0.6) is 0 Å². The van der Waals surface area contributed by atoms with Crippen molar-refractivity contribution in [2.45, 2.75) is 64.6 Å². The zero-order chi connectivity index (χ0) is 21.6. The van der Waals surface area contributed by atoms with E-state index in [1.54, 1.807) is 6.92 Å². The van der Waals surface area contributed by atoms with E-state index in [-0.39, 0.29) is 18.0 Å². The van der Waals surface area contributed by atoms with Gasteiger partial charge < -0.3 is 13.8 Å². The van der Waals surface area contributed by atoms with Crippen LogP contribution in [0.4, 0.5) is 0 Å². The van der Waals surface area contributed by atoms with E-state index in [0.29, 0.717) is 14.9 Å². The molecule has 160 valence electrons. The summed E-state index contributed by atoms with van der Waals surface area (Å²) < 4.78 is 11.0. The number of carbonyl (C=O) groups is 1. The van der Waals surface area contributed by atoms with E-state index < -0.39 is 0 Å². The zero-order valence-electron chi connectivity index (χ0n) is 17.6. The number of hydrogen-bond donors (Lipinski definition) is 0. The first kappa shape index (κ1) is 28.1. The van der Waals surface area contributed by atoms with Crippen LogP contribution in [-0.2, 0) is 13.8 Å². The van der Waals surface area contributed by atoms with Gasteiger partial charge in [0.05, 0.1) is 6.10 Å². The van der Waals surface area contributed by atoms with Gasteiger partial charge in [-0.25, -0.2) is 0 Å². The van der Waals surface area contributed by atoms with Crippen molar-refractivity contribution in [2.75, 3.05) is 0 Å². The summed E-state index contributed by atoms with van der Waals surface area (Å²) in [5.41, 5.74) is 0. The van der Waals surface area contributed by atoms with Crippen LogP contribution in [0.1, 0.15) is 52.4 Å². The highest BCUT2D eigenvalue weighted by Crippen LogP contribution is 2.25. The van der Waals surface area contributed by atoms with Crippen molar-refractivity contribution >= 4 is 32.7 Å². The van der Waals surface area contributed by atoms with E-state index in [4.69, 9.17) is 9.05 Å². The van der Waals surface area contributed by atoms with E-state index in [1.807, 2.05) is 24.3 Å². The molecular weight excluding hydrogens is 417 g/mol. The Morgan fingerprint density at radius 2 is 1.86 bits per heavy atom. The van der Waals surface area contributed by atoms with Crippen LogP contribution in [0.15, 0.2) is 60.8 Å². The van der Waals surface area contributed by atoms with Crippen LogP contribution in [0, 0.1) is 11.8 Å². The third-order valence-corrected chi connectivity index (χ3v) is 4.81. The number of hydrogen-bond acceptors (Lipinski definition) is 3. The molecule has 5 atom stereocenters. The molecule has 0 amide bonds. The van der Waals surface area contributed by atoms with Gasteiger partial charge in [-0.2, -0.15) is 0 Å². The smallest absolute Gasteiger partial charge is 0.130 e. The Labute approximate surface area is 183 Å². The van der Waals surface area contributed by atoms with Crippen molar-refractivity contribution < 1.29 is 13.8 Å². The molecule has 0 N–H and O–H groups in total. The quantitative estimate of drug-likeness (QED) is 0.121. The fourth-order valence-corrected chi connectivity index (χ4v) is 3.18. The van der Waals surface area contributed by atoms with E-state index in [1.165, 1.54) is 0 Å². The van der Waals surface area contributed by atoms with Gasteiger partial charge in [0, 0.05) is 30.8 Å². The highest BCUT2D eigenvalue weighted by atomic mass is 32.0. The Morgan fingerprint density at radius 1 is 1.10 bits per heavy atom. The Bertz CT molecular complexity index is 625. The lowest BCUT2D eigenvalue weighted by molar-refractivity contribution is -0.116. The standard InChI is InChI=1S/C23H35O3P3/c1-3-4-11-17-22(25-27)18-13-9-10-15-20-23(26-29-28)19-14-8-6-5-7-12-16-21(2)24/h4-5,7-11,14-15,20,22-23,29H,3,6,12,16-17,19,27-28H2,1-2H3/b7-5+,10-9+,11-4+,14-8+,20-15+. The molecule has 0 aliphatic carbocycles. The maximum atomic E-state index is 10.9. The molecular formula is C23H35O3P3. The molecule has 5 unspecified atom stereocenters. The molecule has 29 heavy (non-hydrogen) atoms. The molecule has 6 heteroatoms. The van der Waals surface area contributed by atoms with Crippen molar-refractivity contribution in [3.8, 4) is 11.8 Å². The number of rotatable bonds is 15. The second kappa shape index (κ2) is 21.8. The third-order valence-electron chi connectivity index (χ3n) is 3.63. The lowest BCUT2D eigenvalue weighted by Gasteiger charge is -2.09. The van der Waals surface area contributed by atoms with Gasteiger partial charge in [-0.15, -0.1) is 0 Å². The van der Waals surface area contributed by atoms with Crippen molar-refractivity contribution in [1.29, 1.82) is 0 Å².